The summed E-state index contributed by atoms with van der Waals surface area (Å²) in [5.74, 6) is 1.12. The maximum absolute atomic E-state index is 12.5. The van der Waals surface area contributed by atoms with E-state index in [-0.39, 0.29) is 11.8 Å². The van der Waals surface area contributed by atoms with Gasteiger partial charge in [0, 0.05) is 31.0 Å². The molecule has 2 N–H and O–H groups in total. The maximum atomic E-state index is 12.5. The van der Waals surface area contributed by atoms with Crippen molar-refractivity contribution >= 4 is 5.91 Å². The summed E-state index contributed by atoms with van der Waals surface area (Å²) in [5, 5.41) is 3.03. The average molecular weight is 333 g/mol. The molecule has 1 unspecified atom stereocenters. The van der Waals surface area contributed by atoms with Gasteiger partial charge in [-0.05, 0) is 59.2 Å². The van der Waals surface area contributed by atoms with E-state index in [1.54, 1.807) is 12.4 Å². The fourth-order valence-electron chi connectivity index (χ4n) is 4.03. The second-order valence-corrected chi connectivity index (χ2v) is 7.45. The number of amides is 1. The van der Waals surface area contributed by atoms with Crippen LogP contribution in [0.2, 0.25) is 0 Å². The van der Waals surface area contributed by atoms with Gasteiger partial charge in [-0.25, -0.2) is 4.98 Å². The van der Waals surface area contributed by atoms with Crippen LogP contribution in [0, 0.1) is 5.92 Å². The molecule has 0 aliphatic carbocycles. The van der Waals surface area contributed by atoms with Crippen molar-refractivity contribution in [3.63, 3.8) is 0 Å². The van der Waals surface area contributed by atoms with Crippen molar-refractivity contribution in [1.29, 1.82) is 0 Å². The number of rotatable bonds is 5. The SMILES string of the molecule is CC(C)N1CCC(N2CCCC(C(=O)NCc3ncc[nH]3)C2)CC1. The first-order valence-corrected chi connectivity index (χ1v) is 9.37. The van der Waals surface area contributed by atoms with Gasteiger partial charge in [0.05, 0.1) is 12.5 Å². The first-order valence-electron chi connectivity index (χ1n) is 9.37. The van der Waals surface area contributed by atoms with Crippen molar-refractivity contribution in [2.24, 2.45) is 5.92 Å². The van der Waals surface area contributed by atoms with Crippen molar-refractivity contribution in [2.45, 2.75) is 58.2 Å². The number of piperidine rings is 2. The maximum Gasteiger partial charge on any atom is 0.224 e. The quantitative estimate of drug-likeness (QED) is 0.859. The van der Waals surface area contributed by atoms with Gasteiger partial charge in [-0.2, -0.15) is 0 Å². The molecule has 2 saturated heterocycles. The molecule has 6 nitrogen and oxygen atoms in total. The Labute approximate surface area is 145 Å². The minimum absolute atomic E-state index is 0.122. The molecule has 2 aliphatic rings. The van der Waals surface area contributed by atoms with Crippen LogP contribution < -0.4 is 5.32 Å². The van der Waals surface area contributed by atoms with Crippen molar-refractivity contribution < 1.29 is 4.79 Å². The molecular weight excluding hydrogens is 302 g/mol. The molecule has 0 spiro atoms. The topological polar surface area (TPSA) is 64.3 Å². The number of H-pyrrole nitrogens is 1. The zero-order valence-electron chi connectivity index (χ0n) is 15.0. The van der Waals surface area contributed by atoms with Crippen LogP contribution in [0.5, 0.6) is 0 Å². The number of nitrogens with one attached hydrogen (secondary N) is 2. The van der Waals surface area contributed by atoms with Crippen molar-refractivity contribution in [3.05, 3.63) is 18.2 Å². The van der Waals surface area contributed by atoms with Crippen molar-refractivity contribution in [2.75, 3.05) is 26.2 Å². The van der Waals surface area contributed by atoms with Crippen LogP contribution in [0.15, 0.2) is 12.4 Å². The predicted octanol–water partition coefficient (Wildman–Crippen LogP) is 1.61. The van der Waals surface area contributed by atoms with Crippen LogP contribution in [0.3, 0.4) is 0 Å². The van der Waals surface area contributed by atoms with Gasteiger partial charge < -0.3 is 15.2 Å². The lowest BCUT2D eigenvalue weighted by Gasteiger charge is -2.43. The van der Waals surface area contributed by atoms with Gasteiger partial charge in [0.15, 0.2) is 0 Å². The van der Waals surface area contributed by atoms with Crippen LogP contribution in [-0.2, 0) is 11.3 Å². The molecule has 3 rings (SSSR count). The number of aromatic nitrogens is 2. The molecule has 2 fully saturated rings. The number of carbonyl (C=O) groups excluding carboxylic acids is 1. The van der Waals surface area contributed by atoms with Crippen LogP contribution >= 0.6 is 0 Å². The van der Waals surface area contributed by atoms with E-state index in [0.717, 1.165) is 31.8 Å². The monoisotopic (exact) mass is 333 g/mol. The Balaban J connectivity index is 1.46. The number of hydrogen-bond donors (Lipinski definition) is 2. The van der Waals surface area contributed by atoms with Gasteiger partial charge in [0.1, 0.15) is 5.82 Å². The molecule has 0 aromatic carbocycles. The van der Waals surface area contributed by atoms with E-state index in [0.29, 0.717) is 18.6 Å². The Kier molecular flexibility index (Phi) is 5.89. The lowest BCUT2D eigenvalue weighted by molar-refractivity contribution is -0.127. The molecule has 3 heterocycles. The van der Waals surface area contributed by atoms with E-state index in [9.17, 15) is 4.79 Å². The molecule has 1 atom stereocenters. The van der Waals surface area contributed by atoms with E-state index in [1.807, 2.05) is 0 Å². The molecule has 24 heavy (non-hydrogen) atoms. The number of imidazole rings is 1. The predicted molar refractivity (Wildman–Crippen MR) is 94.5 cm³/mol. The van der Waals surface area contributed by atoms with Gasteiger partial charge in [-0.15, -0.1) is 0 Å². The van der Waals surface area contributed by atoms with Gasteiger partial charge in [0.25, 0.3) is 0 Å². The van der Waals surface area contributed by atoms with Gasteiger partial charge >= 0.3 is 0 Å². The number of hydrogen-bond acceptors (Lipinski definition) is 4. The first kappa shape index (κ1) is 17.4. The summed E-state index contributed by atoms with van der Waals surface area (Å²) in [6.07, 6.45) is 8.10. The number of aromatic amines is 1. The summed E-state index contributed by atoms with van der Waals surface area (Å²) < 4.78 is 0. The van der Waals surface area contributed by atoms with Crippen LogP contribution in [0.1, 0.15) is 45.4 Å². The minimum Gasteiger partial charge on any atom is -0.349 e. The van der Waals surface area contributed by atoms with E-state index in [1.165, 1.54) is 25.9 Å². The Morgan fingerprint density at radius 2 is 2.12 bits per heavy atom. The third-order valence-electron chi connectivity index (χ3n) is 5.55. The van der Waals surface area contributed by atoms with E-state index in [4.69, 9.17) is 0 Å². The Morgan fingerprint density at radius 3 is 2.79 bits per heavy atom. The standard InChI is InChI=1S/C18H31N5O/c1-14(2)22-10-5-16(6-11-22)23-9-3-4-15(13-23)18(24)21-12-17-19-7-8-20-17/h7-8,14-16H,3-6,9-13H2,1-2H3,(H,19,20)(H,21,24). The van der Waals surface area contributed by atoms with Gasteiger partial charge in [-0.3, -0.25) is 9.69 Å². The molecule has 1 aromatic rings. The fourth-order valence-corrected chi connectivity index (χ4v) is 4.03. The Hall–Kier alpha value is -1.40. The van der Waals surface area contributed by atoms with Crippen LogP contribution in [0.25, 0.3) is 0 Å². The highest BCUT2D eigenvalue weighted by molar-refractivity contribution is 5.78. The zero-order chi connectivity index (χ0) is 16.9. The van der Waals surface area contributed by atoms with Gasteiger partial charge in [0.2, 0.25) is 5.91 Å². The summed E-state index contributed by atoms with van der Waals surface area (Å²) in [6.45, 7) is 9.49. The second-order valence-electron chi connectivity index (χ2n) is 7.45. The molecule has 6 heteroatoms. The normalized spacial score (nSPS) is 24.4. The van der Waals surface area contributed by atoms with E-state index >= 15 is 0 Å². The molecule has 0 bridgehead atoms. The molecule has 2 aliphatic heterocycles. The van der Waals surface area contributed by atoms with Gasteiger partial charge in [-0.1, -0.05) is 0 Å². The smallest absolute Gasteiger partial charge is 0.224 e. The summed E-state index contributed by atoms with van der Waals surface area (Å²) in [7, 11) is 0. The average Bonchev–Trinajstić information content (AvgIpc) is 3.13. The fraction of sp³-hybridized carbons (Fsp3) is 0.778. The molecule has 0 radical (unpaired) electrons. The summed E-state index contributed by atoms with van der Waals surface area (Å²) in [6, 6.07) is 1.30. The Morgan fingerprint density at radius 1 is 1.33 bits per heavy atom. The van der Waals surface area contributed by atoms with Crippen molar-refractivity contribution in [3.8, 4) is 0 Å². The Bertz CT molecular complexity index is 507. The third kappa shape index (κ3) is 4.36. The molecule has 1 amide bonds. The van der Waals surface area contributed by atoms with E-state index < -0.39 is 0 Å². The highest BCUT2D eigenvalue weighted by atomic mass is 16.1. The molecule has 0 saturated carbocycles. The van der Waals surface area contributed by atoms with Crippen LogP contribution in [0.4, 0.5) is 0 Å². The zero-order valence-corrected chi connectivity index (χ0v) is 15.0. The first-order chi connectivity index (χ1) is 11.6. The highest BCUT2D eigenvalue weighted by Gasteiger charge is 2.31. The molecule has 1 aromatic heterocycles. The minimum atomic E-state index is 0.122. The number of carbonyl (C=O) groups is 1. The van der Waals surface area contributed by atoms with E-state index in [2.05, 4.69) is 38.9 Å². The summed E-state index contributed by atoms with van der Waals surface area (Å²) in [4.78, 5) is 24.8. The number of nitrogens with zero attached hydrogens (tertiary/aromatic N) is 3. The lowest BCUT2D eigenvalue weighted by atomic mass is 9.93. The third-order valence-corrected chi connectivity index (χ3v) is 5.55. The lowest BCUT2D eigenvalue weighted by Crippen LogP contribution is -2.51. The summed E-state index contributed by atoms with van der Waals surface area (Å²) >= 11 is 0. The second kappa shape index (κ2) is 8.12. The summed E-state index contributed by atoms with van der Waals surface area (Å²) in [5.41, 5.74) is 0. The largest absolute Gasteiger partial charge is 0.349 e. The number of likely N-dealkylation sites (tertiary alicyclic amines) is 2. The van der Waals surface area contributed by atoms with Crippen LogP contribution in [-0.4, -0.2) is 63.9 Å². The molecular formula is C18H31N5O. The molecule has 134 valence electrons. The van der Waals surface area contributed by atoms with Crippen molar-refractivity contribution in [1.82, 2.24) is 25.1 Å². The highest BCUT2D eigenvalue weighted by Crippen LogP contribution is 2.24.